The van der Waals surface area contributed by atoms with Crippen molar-refractivity contribution in [3.63, 3.8) is 0 Å². The molecule has 0 bridgehead atoms. The standard InChI is InChI=1S/C10H17N5.3ClH/c1-7(11)4-3-5-8-6-14-10(12)15-9(8)13-2;;;/h3,5-7H,4,11H2,1-2H3,(H3,12,13,14,15);3*1H/b5-3+;;;/t7-;;;/m0.../s1. The van der Waals surface area contributed by atoms with Gasteiger partial charge in [-0.25, -0.2) is 4.98 Å². The molecule has 0 radical (unpaired) electrons. The summed E-state index contributed by atoms with van der Waals surface area (Å²) in [6.45, 7) is 1.96. The van der Waals surface area contributed by atoms with Crippen LogP contribution in [0.1, 0.15) is 18.9 Å². The Morgan fingerprint density at radius 2 is 2.00 bits per heavy atom. The summed E-state index contributed by atoms with van der Waals surface area (Å²) >= 11 is 0. The number of nitrogens with zero attached hydrogens (tertiary/aromatic N) is 2. The fraction of sp³-hybridized carbons (Fsp3) is 0.400. The van der Waals surface area contributed by atoms with Crippen molar-refractivity contribution >= 4 is 55.1 Å². The smallest absolute Gasteiger partial charge is 0.221 e. The van der Waals surface area contributed by atoms with Gasteiger partial charge in [-0.2, -0.15) is 4.98 Å². The maximum Gasteiger partial charge on any atom is 0.221 e. The Balaban J connectivity index is -0.000000750. The molecule has 1 rings (SSSR count). The third kappa shape index (κ3) is 7.55. The van der Waals surface area contributed by atoms with E-state index in [0.29, 0.717) is 0 Å². The molecular weight excluding hydrogens is 297 g/mol. The Hall–Kier alpha value is -0.750. The summed E-state index contributed by atoms with van der Waals surface area (Å²) < 4.78 is 0. The summed E-state index contributed by atoms with van der Waals surface area (Å²) in [7, 11) is 1.80. The second kappa shape index (κ2) is 11.3. The quantitative estimate of drug-likeness (QED) is 0.791. The summed E-state index contributed by atoms with van der Waals surface area (Å²) in [5.74, 6) is 0.993. The molecule has 18 heavy (non-hydrogen) atoms. The minimum absolute atomic E-state index is 0. The zero-order valence-electron chi connectivity index (χ0n) is 10.3. The van der Waals surface area contributed by atoms with Crippen molar-refractivity contribution < 1.29 is 0 Å². The Labute approximate surface area is 126 Å². The number of anilines is 2. The molecule has 0 spiro atoms. The molecule has 5 N–H and O–H groups in total. The van der Waals surface area contributed by atoms with Crippen molar-refractivity contribution in [2.75, 3.05) is 18.1 Å². The highest BCUT2D eigenvalue weighted by Crippen LogP contribution is 2.13. The lowest BCUT2D eigenvalue weighted by atomic mass is 10.2. The summed E-state index contributed by atoms with van der Waals surface area (Å²) in [5.41, 5.74) is 12.0. The monoisotopic (exact) mass is 315 g/mol. The Morgan fingerprint density at radius 1 is 1.39 bits per heavy atom. The summed E-state index contributed by atoms with van der Waals surface area (Å²) in [6, 6.07) is 0.161. The van der Waals surface area contributed by atoms with Crippen molar-refractivity contribution in [1.82, 2.24) is 9.97 Å². The van der Waals surface area contributed by atoms with Crippen LogP contribution in [0.25, 0.3) is 6.08 Å². The van der Waals surface area contributed by atoms with Gasteiger partial charge in [0.15, 0.2) is 0 Å². The van der Waals surface area contributed by atoms with Crippen LogP contribution in [0.3, 0.4) is 0 Å². The average molecular weight is 317 g/mol. The lowest BCUT2D eigenvalue weighted by molar-refractivity contribution is 0.759. The van der Waals surface area contributed by atoms with E-state index < -0.39 is 0 Å². The van der Waals surface area contributed by atoms with E-state index in [-0.39, 0.29) is 49.2 Å². The van der Waals surface area contributed by atoms with Crippen LogP contribution >= 0.6 is 37.2 Å². The largest absolute Gasteiger partial charge is 0.372 e. The van der Waals surface area contributed by atoms with Crippen LogP contribution in [0.4, 0.5) is 11.8 Å². The Kier molecular flexibility index (Phi) is 14.1. The van der Waals surface area contributed by atoms with Crippen LogP contribution in [0.5, 0.6) is 0 Å². The normalized spacial score (nSPS) is 10.8. The minimum Gasteiger partial charge on any atom is -0.372 e. The van der Waals surface area contributed by atoms with Gasteiger partial charge in [0.25, 0.3) is 0 Å². The van der Waals surface area contributed by atoms with Gasteiger partial charge in [-0.1, -0.05) is 12.2 Å². The number of hydrogen-bond acceptors (Lipinski definition) is 5. The van der Waals surface area contributed by atoms with Gasteiger partial charge in [-0.3, -0.25) is 0 Å². The van der Waals surface area contributed by atoms with Crippen molar-refractivity contribution in [2.45, 2.75) is 19.4 Å². The molecule has 0 fully saturated rings. The maximum absolute atomic E-state index is 5.63. The number of nitrogen functional groups attached to an aromatic ring is 1. The molecule has 0 saturated carbocycles. The first-order chi connectivity index (χ1) is 7.13. The van der Waals surface area contributed by atoms with Gasteiger partial charge < -0.3 is 16.8 Å². The Bertz CT molecular complexity index is 357. The zero-order chi connectivity index (χ0) is 11.3. The molecule has 1 heterocycles. The lowest BCUT2D eigenvalue weighted by Gasteiger charge is -2.04. The van der Waals surface area contributed by atoms with Crippen LogP contribution in [0.2, 0.25) is 0 Å². The number of nitrogens with two attached hydrogens (primary N) is 2. The number of nitrogens with one attached hydrogen (secondary N) is 1. The molecule has 8 heteroatoms. The molecule has 1 atom stereocenters. The Morgan fingerprint density at radius 3 is 2.50 bits per heavy atom. The summed E-state index contributed by atoms with van der Waals surface area (Å²) in [6.07, 6.45) is 6.45. The number of rotatable bonds is 4. The number of halogens is 3. The molecule has 0 aliphatic carbocycles. The molecule has 1 aromatic rings. The highest BCUT2D eigenvalue weighted by Gasteiger charge is 2.00. The first-order valence-electron chi connectivity index (χ1n) is 4.86. The SMILES string of the molecule is CNc1nc(N)ncc1/C=C/C[C@H](C)N.Cl.Cl.Cl. The summed E-state index contributed by atoms with van der Waals surface area (Å²) in [5, 5.41) is 2.96. The van der Waals surface area contributed by atoms with E-state index in [1.807, 2.05) is 19.1 Å². The average Bonchev–Trinajstić information content (AvgIpc) is 2.19. The molecule has 5 nitrogen and oxygen atoms in total. The topological polar surface area (TPSA) is 89.8 Å². The molecule has 0 saturated heterocycles. The van der Waals surface area contributed by atoms with Gasteiger partial charge >= 0.3 is 0 Å². The van der Waals surface area contributed by atoms with Crippen molar-refractivity contribution in [3.05, 3.63) is 17.8 Å². The van der Waals surface area contributed by atoms with Gasteiger partial charge in [-0.15, -0.1) is 37.2 Å². The second-order valence-electron chi connectivity index (χ2n) is 3.40. The highest BCUT2D eigenvalue weighted by molar-refractivity contribution is 5.86. The zero-order valence-corrected chi connectivity index (χ0v) is 12.7. The molecule has 0 amide bonds. The molecule has 0 aliphatic rings. The third-order valence-electron chi connectivity index (χ3n) is 1.88. The van der Waals surface area contributed by atoms with E-state index >= 15 is 0 Å². The fourth-order valence-electron chi connectivity index (χ4n) is 1.14. The van der Waals surface area contributed by atoms with Gasteiger partial charge in [0, 0.05) is 24.8 Å². The van der Waals surface area contributed by atoms with E-state index in [1.54, 1.807) is 13.2 Å². The molecular formula is C10H20Cl3N5. The molecule has 106 valence electrons. The molecule has 0 aromatic carbocycles. The van der Waals surface area contributed by atoms with Crippen LogP contribution in [0, 0.1) is 0 Å². The number of aromatic nitrogens is 2. The minimum atomic E-state index is 0. The second-order valence-corrected chi connectivity index (χ2v) is 3.40. The van der Waals surface area contributed by atoms with Gasteiger partial charge in [-0.05, 0) is 13.3 Å². The van der Waals surface area contributed by atoms with Crippen molar-refractivity contribution in [1.29, 1.82) is 0 Å². The predicted molar refractivity (Wildman–Crippen MR) is 85.0 cm³/mol. The first kappa shape index (κ1) is 22.4. The van der Waals surface area contributed by atoms with Crippen LogP contribution < -0.4 is 16.8 Å². The van der Waals surface area contributed by atoms with E-state index in [1.165, 1.54) is 0 Å². The predicted octanol–water partition coefficient (Wildman–Crippen LogP) is 2.12. The molecule has 0 unspecified atom stereocenters. The van der Waals surface area contributed by atoms with Gasteiger partial charge in [0.1, 0.15) is 5.82 Å². The van der Waals surface area contributed by atoms with E-state index in [9.17, 15) is 0 Å². The molecule has 0 aliphatic heterocycles. The van der Waals surface area contributed by atoms with Crippen LogP contribution in [0.15, 0.2) is 12.3 Å². The van der Waals surface area contributed by atoms with E-state index in [4.69, 9.17) is 11.5 Å². The highest BCUT2D eigenvalue weighted by atomic mass is 35.5. The fourth-order valence-corrected chi connectivity index (χ4v) is 1.14. The van der Waals surface area contributed by atoms with E-state index in [0.717, 1.165) is 17.8 Å². The van der Waals surface area contributed by atoms with E-state index in [2.05, 4.69) is 15.3 Å². The van der Waals surface area contributed by atoms with Gasteiger partial charge in [0.05, 0.1) is 0 Å². The third-order valence-corrected chi connectivity index (χ3v) is 1.88. The lowest BCUT2D eigenvalue weighted by Crippen LogP contribution is -2.12. The molecule has 1 aromatic heterocycles. The first-order valence-corrected chi connectivity index (χ1v) is 4.86. The van der Waals surface area contributed by atoms with Crippen LogP contribution in [-0.2, 0) is 0 Å². The van der Waals surface area contributed by atoms with Crippen molar-refractivity contribution in [2.24, 2.45) is 5.73 Å². The maximum atomic E-state index is 5.63. The van der Waals surface area contributed by atoms with Gasteiger partial charge in [0.2, 0.25) is 5.95 Å². The van der Waals surface area contributed by atoms with Crippen molar-refractivity contribution in [3.8, 4) is 0 Å². The summed E-state index contributed by atoms with van der Waals surface area (Å²) in [4.78, 5) is 7.99. The van der Waals surface area contributed by atoms with Crippen LogP contribution in [-0.4, -0.2) is 23.1 Å². The number of hydrogen-bond donors (Lipinski definition) is 3.